The van der Waals surface area contributed by atoms with Gasteiger partial charge >= 0.3 is 0 Å². The molecule has 2 fully saturated rings. The van der Waals surface area contributed by atoms with Crippen LogP contribution < -0.4 is 15.5 Å². The quantitative estimate of drug-likeness (QED) is 0.779. The molecule has 2 amide bonds. The van der Waals surface area contributed by atoms with Crippen molar-refractivity contribution in [3.8, 4) is 0 Å². The van der Waals surface area contributed by atoms with E-state index in [1.165, 1.54) is 11.3 Å². The zero-order valence-electron chi connectivity index (χ0n) is 15.9. The van der Waals surface area contributed by atoms with E-state index in [1.54, 1.807) is 6.20 Å². The molecule has 3 heterocycles. The van der Waals surface area contributed by atoms with Crippen LogP contribution in [0.1, 0.15) is 33.6 Å². The number of thiophene rings is 1. The Morgan fingerprint density at radius 2 is 2.07 bits per heavy atom. The van der Waals surface area contributed by atoms with Gasteiger partial charge in [-0.05, 0) is 43.0 Å². The highest BCUT2D eigenvalue weighted by molar-refractivity contribution is 7.18. The molecule has 2 aromatic heterocycles. The number of carbonyl (C=O) groups excluding carboxylic acids is 2. The van der Waals surface area contributed by atoms with Gasteiger partial charge in [0, 0.05) is 31.7 Å². The Morgan fingerprint density at radius 1 is 1.29 bits per heavy atom. The molecule has 7 nitrogen and oxygen atoms in total. The summed E-state index contributed by atoms with van der Waals surface area (Å²) >= 11 is 1.32. The molecule has 28 heavy (non-hydrogen) atoms. The normalized spacial score (nSPS) is 16.7. The number of carbonyl (C=O) groups is 2. The molecular weight excluding hydrogens is 376 g/mol. The maximum absolute atomic E-state index is 12.5. The maximum atomic E-state index is 12.5. The fourth-order valence-corrected chi connectivity index (χ4v) is 4.09. The molecule has 1 saturated heterocycles. The summed E-state index contributed by atoms with van der Waals surface area (Å²) in [6.45, 7) is 5.44. The molecule has 8 heteroatoms. The van der Waals surface area contributed by atoms with Gasteiger partial charge in [0.25, 0.3) is 5.91 Å². The van der Waals surface area contributed by atoms with E-state index < -0.39 is 0 Å². The van der Waals surface area contributed by atoms with Crippen molar-refractivity contribution in [1.82, 2.24) is 10.3 Å². The Bertz CT molecular complexity index is 855. The van der Waals surface area contributed by atoms with Gasteiger partial charge in [-0.3, -0.25) is 9.59 Å². The molecule has 0 radical (unpaired) electrons. The topological polar surface area (TPSA) is 83.6 Å². The molecule has 0 bridgehead atoms. The lowest BCUT2D eigenvalue weighted by Crippen LogP contribution is -2.36. The third kappa shape index (κ3) is 4.51. The van der Waals surface area contributed by atoms with E-state index in [0.717, 1.165) is 61.1 Å². The van der Waals surface area contributed by atoms with Crippen molar-refractivity contribution in [3.05, 3.63) is 40.4 Å². The molecule has 0 spiro atoms. The smallest absolute Gasteiger partial charge is 0.261 e. The average Bonchev–Trinajstić information content (AvgIpc) is 3.51. The lowest BCUT2D eigenvalue weighted by Gasteiger charge is -2.27. The summed E-state index contributed by atoms with van der Waals surface area (Å²) in [5.41, 5.74) is 1.82. The van der Waals surface area contributed by atoms with Gasteiger partial charge in [0.15, 0.2) is 0 Å². The summed E-state index contributed by atoms with van der Waals surface area (Å²) < 4.78 is 5.36. The molecule has 2 aromatic rings. The van der Waals surface area contributed by atoms with Crippen LogP contribution in [0.2, 0.25) is 0 Å². The number of ether oxygens (including phenoxy) is 1. The molecule has 2 aliphatic rings. The van der Waals surface area contributed by atoms with Crippen LogP contribution in [0.5, 0.6) is 0 Å². The third-order valence-electron chi connectivity index (χ3n) is 4.92. The molecule has 1 aliphatic carbocycles. The van der Waals surface area contributed by atoms with Crippen LogP contribution in [-0.2, 0) is 16.1 Å². The maximum Gasteiger partial charge on any atom is 0.261 e. The monoisotopic (exact) mass is 400 g/mol. The summed E-state index contributed by atoms with van der Waals surface area (Å²) in [5, 5.41) is 6.58. The number of aromatic nitrogens is 1. The predicted octanol–water partition coefficient (Wildman–Crippen LogP) is 2.57. The zero-order chi connectivity index (χ0) is 19.5. The predicted molar refractivity (Wildman–Crippen MR) is 109 cm³/mol. The average molecular weight is 401 g/mol. The molecule has 0 atom stereocenters. The Hall–Kier alpha value is -2.45. The summed E-state index contributed by atoms with van der Waals surface area (Å²) in [5.74, 6) is 1.00. The second-order valence-corrected chi connectivity index (χ2v) is 8.25. The van der Waals surface area contributed by atoms with Crippen molar-refractivity contribution in [3.63, 3.8) is 0 Å². The Labute approximate surface area is 168 Å². The van der Waals surface area contributed by atoms with E-state index in [4.69, 9.17) is 4.74 Å². The Balaban J connectivity index is 1.32. The number of nitrogens with zero attached hydrogens (tertiary/aromatic N) is 2. The molecule has 0 aromatic carbocycles. The van der Waals surface area contributed by atoms with Gasteiger partial charge in [-0.25, -0.2) is 4.98 Å². The molecule has 2 N–H and O–H groups in total. The minimum atomic E-state index is -0.133. The van der Waals surface area contributed by atoms with Crippen molar-refractivity contribution in [2.75, 3.05) is 36.5 Å². The first-order valence-corrected chi connectivity index (χ1v) is 10.4. The van der Waals surface area contributed by atoms with Crippen LogP contribution in [0, 0.1) is 12.8 Å². The number of morpholine rings is 1. The van der Waals surface area contributed by atoms with E-state index in [1.807, 2.05) is 25.1 Å². The highest BCUT2D eigenvalue weighted by Gasteiger charge is 2.30. The van der Waals surface area contributed by atoms with E-state index in [0.29, 0.717) is 11.4 Å². The number of pyridine rings is 1. The molecule has 148 valence electrons. The van der Waals surface area contributed by atoms with Crippen LogP contribution in [0.25, 0.3) is 0 Å². The van der Waals surface area contributed by atoms with Crippen molar-refractivity contribution in [2.24, 2.45) is 5.92 Å². The van der Waals surface area contributed by atoms with Gasteiger partial charge in [-0.2, -0.15) is 0 Å². The third-order valence-corrected chi connectivity index (χ3v) is 6.07. The Kier molecular flexibility index (Phi) is 5.59. The largest absolute Gasteiger partial charge is 0.378 e. The van der Waals surface area contributed by atoms with Crippen LogP contribution in [0.4, 0.5) is 10.8 Å². The lowest BCUT2D eigenvalue weighted by molar-refractivity contribution is -0.117. The second-order valence-electron chi connectivity index (χ2n) is 7.19. The fraction of sp³-hybridized carbons (Fsp3) is 0.450. The summed E-state index contributed by atoms with van der Waals surface area (Å²) in [6, 6.07) is 5.83. The van der Waals surface area contributed by atoms with Gasteiger partial charge in [0.05, 0.1) is 23.1 Å². The number of rotatable bonds is 6. The van der Waals surface area contributed by atoms with Crippen molar-refractivity contribution >= 4 is 34.0 Å². The summed E-state index contributed by atoms with van der Waals surface area (Å²) in [7, 11) is 0. The SMILES string of the molecule is Cc1cc(NC(=O)C2CC2)sc1C(=O)NCc1ccc(N2CCOCC2)nc1. The minimum absolute atomic E-state index is 0.0552. The second kappa shape index (κ2) is 8.28. The highest BCUT2D eigenvalue weighted by atomic mass is 32.1. The van der Waals surface area contributed by atoms with Crippen LogP contribution in [0.3, 0.4) is 0 Å². The van der Waals surface area contributed by atoms with Gasteiger partial charge in [-0.1, -0.05) is 6.07 Å². The molecule has 1 saturated carbocycles. The highest BCUT2D eigenvalue weighted by Crippen LogP contribution is 2.32. The molecule has 1 aliphatic heterocycles. The molecule has 0 unspecified atom stereocenters. The van der Waals surface area contributed by atoms with Gasteiger partial charge in [0.2, 0.25) is 5.91 Å². The van der Waals surface area contributed by atoms with Gasteiger partial charge in [0.1, 0.15) is 5.82 Å². The van der Waals surface area contributed by atoms with Gasteiger partial charge in [-0.15, -0.1) is 11.3 Å². The first-order chi connectivity index (χ1) is 13.6. The number of nitrogens with one attached hydrogen (secondary N) is 2. The lowest BCUT2D eigenvalue weighted by atomic mass is 10.2. The number of anilines is 2. The molecular formula is C20H24N4O3S. The van der Waals surface area contributed by atoms with E-state index in [2.05, 4.69) is 20.5 Å². The van der Waals surface area contributed by atoms with Crippen molar-refractivity contribution < 1.29 is 14.3 Å². The van der Waals surface area contributed by atoms with E-state index >= 15 is 0 Å². The van der Waals surface area contributed by atoms with Crippen molar-refractivity contribution in [2.45, 2.75) is 26.3 Å². The van der Waals surface area contributed by atoms with Crippen LogP contribution >= 0.6 is 11.3 Å². The number of amides is 2. The summed E-state index contributed by atoms with van der Waals surface area (Å²) in [4.78, 5) is 31.8. The molecule has 4 rings (SSSR count). The first-order valence-electron chi connectivity index (χ1n) is 9.57. The number of hydrogen-bond donors (Lipinski definition) is 2. The van der Waals surface area contributed by atoms with Crippen LogP contribution in [0.15, 0.2) is 24.4 Å². The van der Waals surface area contributed by atoms with Gasteiger partial charge < -0.3 is 20.3 Å². The standard InChI is InChI=1S/C20H24N4O3S/c1-13-10-17(23-19(25)15-3-4-15)28-18(13)20(26)22-12-14-2-5-16(21-11-14)24-6-8-27-9-7-24/h2,5,10-11,15H,3-4,6-9,12H2,1H3,(H,22,26)(H,23,25). The number of hydrogen-bond acceptors (Lipinski definition) is 6. The van der Waals surface area contributed by atoms with Crippen LogP contribution in [-0.4, -0.2) is 43.1 Å². The summed E-state index contributed by atoms with van der Waals surface area (Å²) in [6.07, 6.45) is 3.72. The van der Waals surface area contributed by atoms with E-state index in [9.17, 15) is 9.59 Å². The minimum Gasteiger partial charge on any atom is -0.378 e. The zero-order valence-corrected chi connectivity index (χ0v) is 16.7. The first kappa shape index (κ1) is 18.9. The van der Waals surface area contributed by atoms with Crippen molar-refractivity contribution in [1.29, 1.82) is 0 Å². The fourth-order valence-electron chi connectivity index (χ4n) is 3.10. The number of aryl methyl sites for hydroxylation is 1. The Morgan fingerprint density at radius 3 is 2.75 bits per heavy atom. The van der Waals surface area contributed by atoms with E-state index in [-0.39, 0.29) is 17.7 Å².